The number of amides is 2. The predicted molar refractivity (Wildman–Crippen MR) is 102 cm³/mol. The van der Waals surface area contributed by atoms with Crippen molar-refractivity contribution in [2.75, 3.05) is 12.4 Å². The van der Waals surface area contributed by atoms with Crippen LogP contribution in [0, 0.1) is 0 Å². The third-order valence-electron chi connectivity index (χ3n) is 3.77. The van der Waals surface area contributed by atoms with E-state index >= 15 is 0 Å². The highest BCUT2D eigenvalue weighted by Crippen LogP contribution is 2.27. The van der Waals surface area contributed by atoms with Gasteiger partial charge in [-0.3, -0.25) is 14.9 Å². The van der Waals surface area contributed by atoms with Crippen molar-refractivity contribution in [1.29, 1.82) is 0 Å². The molecule has 2 N–H and O–H groups in total. The van der Waals surface area contributed by atoms with Gasteiger partial charge in [-0.1, -0.05) is 31.1 Å². The number of rotatable bonds is 9. The van der Waals surface area contributed by atoms with Crippen LogP contribution in [-0.4, -0.2) is 35.2 Å². The van der Waals surface area contributed by atoms with Gasteiger partial charge >= 0.3 is 0 Å². The fourth-order valence-corrected chi connectivity index (χ4v) is 3.00. The summed E-state index contributed by atoms with van der Waals surface area (Å²) in [7, 11) is 1.61. The van der Waals surface area contributed by atoms with Gasteiger partial charge in [-0.05, 0) is 37.6 Å². The summed E-state index contributed by atoms with van der Waals surface area (Å²) in [4.78, 5) is 24.0. The van der Waals surface area contributed by atoms with Gasteiger partial charge < -0.3 is 10.1 Å². The second-order valence-electron chi connectivity index (χ2n) is 5.88. The fourth-order valence-electron chi connectivity index (χ4n) is 2.25. The van der Waals surface area contributed by atoms with Crippen molar-refractivity contribution in [2.24, 2.45) is 0 Å². The Bertz CT molecular complexity index is 730. The molecular weight excluding hydrogens is 352 g/mol. The van der Waals surface area contributed by atoms with Gasteiger partial charge in [0.15, 0.2) is 0 Å². The Morgan fingerprint density at radius 1 is 1.19 bits per heavy atom. The molecule has 1 aromatic carbocycles. The average molecular weight is 376 g/mol. The topological polar surface area (TPSA) is 93.2 Å². The van der Waals surface area contributed by atoms with Crippen LogP contribution >= 0.6 is 11.3 Å². The van der Waals surface area contributed by atoms with Crippen molar-refractivity contribution in [3.05, 3.63) is 24.3 Å². The molecule has 0 unspecified atom stereocenters. The molecule has 1 atom stereocenters. The van der Waals surface area contributed by atoms with E-state index in [4.69, 9.17) is 4.74 Å². The number of unbranched alkanes of at least 4 members (excludes halogenated alkanes) is 2. The molecule has 7 nitrogen and oxygen atoms in total. The van der Waals surface area contributed by atoms with E-state index in [0.717, 1.165) is 30.6 Å². The summed E-state index contributed by atoms with van der Waals surface area (Å²) in [6.07, 6.45) is 3.33. The standard InChI is InChI=1S/C18H24N4O3S/c1-4-5-6-7-15(23)19-12(2)16(24)20-18-22-21-17(26-18)13-8-10-14(25-3)11-9-13/h8-12H,4-7H2,1-3H3,(H,19,23)(H,20,22,24)/t12-/m1/s1. The Balaban J connectivity index is 1.88. The molecule has 0 bridgehead atoms. The highest BCUT2D eigenvalue weighted by Gasteiger charge is 2.17. The number of methoxy groups -OCH3 is 1. The van der Waals surface area contributed by atoms with Crippen LogP contribution in [0.3, 0.4) is 0 Å². The largest absolute Gasteiger partial charge is 0.497 e. The lowest BCUT2D eigenvalue weighted by molar-refractivity contribution is -0.126. The zero-order valence-corrected chi connectivity index (χ0v) is 16.1. The minimum absolute atomic E-state index is 0.114. The second-order valence-corrected chi connectivity index (χ2v) is 6.85. The van der Waals surface area contributed by atoms with Crippen LogP contribution in [0.15, 0.2) is 24.3 Å². The number of nitrogens with one attached hydrogen (secondary N) is 2. The van der Waals surface area contributed by atoms with Crippen molar-refractivity contribution in [3.8, 4) is 16.3 Å². The lowest BCUT2D eigenvalue weighted by Crippen LogP contribution is -2.41. The summed E-state index contributed by atoms with van der Waals surface area (Å²) in [6, 6.07) is 6.81. The summed E-state index contributed by atoms with van der Waals surface area (Å²) >= 11 is 1.27. The van der Waals surface area contributed by atoms with Crippen molar-refractivity contribution in [1.82, 2.24) is 15.5 Å². The van der Waals surface area contributed by atoms with E-state index in [1.165, 1.54) is 11.3 Å². The molecule has 2 rings (SSSR count). The molecule has 0 saturated heterocycles. The van der Waals surface area contributed by atoms with Gasteiger partial charge in [0.1, 0.15) is 16.8 Å². The molecule has 2 aromatic rings. The Kier molecular flexibility index (Phi) is 7.53. The smallest absolute Gasteiger partial charge is 0.248 e. The molecule has 0 radical (unpaired) electrons. The first-order valence-electron chi connectivity index (χ1n) is 8.61. The van der Waals surface area contributed by atoms with E-state index in [1.54, 1.807) is 14.0 Å². The van der Waals surface area contributed by atoms with Gasteiger partial charge in [-0.2, -0.15) is 0 Å². The van der Waals surface area contributed by atoms with E-state index in [0.29, 0.717) is 16.6 Å². The van der Waals surface area contributed by atoms with Crippen LogP contribution in [0.5, 0.6) is 5.75 Å². The minimum Gasteiger partial charge on any atom is -0.497 e. The molecule has 26 heavy (non-hydrogen) atoms. The summed E-state index contributed by atoms with van der Waals surface area (Å²) < 4.78 is 5.13. The van der Waals surface area contributed by atoms with Crippen molar-refractivity contribution in [2.45, 2.75) is 45.6 Å². The Morgan fingerprint density at radius 2 is 1.92 bits per heavy atom. The molecule has 0 fully saturated rings. The minimum atomic E-state index is -0.627. The van der Waals surface area contributed by atoms with Crippen molar-refractivity contribution in [3.63, 3.8) is 0 Å². The molecule has 0 aliphatic rings. The molecule has 1 heterocycles. The molecular formula is C18H24N4O3S. The number of aromatic nitrogens is 2. The van der Waals surface area contributed by atoms with Gasteiger partial charge in [0.2, 0.25) is 16.9 Å². The highest BCUT2D eigenvalue weighted by atomic mass is 32.1. The lowest BCUT2D eigenvalue weighted by atomic mass is 10.2. The summed E-state index contributed by atoms with van der Waals surface area (Å²) in [5, 5.41) is 14.6. The Labute approximate surface area is 157 Å². The molecule has 0 saturated carbocycles. The van der Waals surface area contributed by atoms with E-state index in [9.17, 15) is 9.59 Å². The van der Waals surface area contributed by atoms with Gasteiger partial charge in [0.05, 0.1) is 7.11 Å². The molecule has 8 heteroatoms. The molecule has 0 spiro atoms. The molecule has 2 amide bonds. The van der Waals surface area contributed by atoms with Gasteiger partial charge in [-0.25, -0.2) is 0 Å². The number of anilines is 1. The van der Waals surface area contributed by atoms with Gasteiger partial charge in [0, 0.05) is 12.0 Å². The quantitative estimate of drug-likeness (QED) is 0.655. The summed E-state index contributed by atoms with van der Waals surface area (Å²) in [5.41, 5.74) is 0.890. The first-order valence-corrected chi connectivity index (χ1v) is 9.43. The number of carbonyl (C=O) groups excluding carboxylic acids is 2. The van der Waals surface area contributed by atoms with Crippen LogP contribution in [0.4, 0.5) is 5.13 Å². The van der Waals surface area contributed by atoms with Crippen molar-refractivity contribution < 1.29 is 14.3 Å². The summed E-state index contributed by atoms with van der Waals surface area (Å²) in [5.74, 6) is 0.332. The lowest BCUT2D eigenvalue weighted by Gasteiger charge is -2.12. The average Bonchev–Trinajstić information content (AvgIpc) is 3.10. The van der Waals surface area contributed by atoms with E-state index in [1.807, 2.05) is 24.3 Å². The number of hydrogen-bond acceptors (Lipinski definition) is 6. The number of ether oxygens (including phenoxy) is 1. The number of hydrogen-bond donors (Lipinski definition) is 2. The van der Waals surface area contributed by atoms with Crippen LogP contribution in [-0.2, 0) is 9.59 Å². The SMILES string of the molecule is CCCCCC(=O)N[C@H](C)C(=O)Nc1nnc(-c2ccc(OC)cc2)s1. The zero-order valence-electron chi connectivity index (χ0n) is 15.2. The molecule has 140 valence electrons. The number of nitrogens with zero attached hydrogens (tertiary/aromatic N) is 2. The first kappa shape index (κ1) is 19.8. The number of carbonyl (C=O) groups is 2. The molecule has 0 aliphatic heterocycles. The van der Waals surface area contributed by atoms with E-state index in [-0.39, 0.29) is 11.8 Å². The summed E-state index contributed by atoms with van der Waals surface area (Å²) in [6.45, 7) is 3.73. The second kappa shape index (κ2) is 9.86. The highest BCUT2D eigenvalue weighted by molar-refractivity contribution is 7.18. The Morgan fingerprint density at radius 3 is 2.58 bits per heavy atom. The van der Waals surface area contributed by atoms with E-state index < -0.39 is 6.04 Å². The third-order valence-corrected chi connectivity index (χ3v) is 4.66. The first-order chi connectivity index (χ1) is 12.5. The Hall–Kier alpha value is -2.48. The third kappa shape index (κ3) is 5.80. The van der Waals surface area contributed by atoms with Crippen LogP contribution in [0.1, 0.15) is 39.5 Å². The maximum absolute atomic E-state index is 12.2. The number of benzene rings is 1. The maximum Gasteiger partial charge on any atom is 0.248 e. The van der Waals surface area contributed by atoms with Crippen LogP contribution in [0.2, 0.25) is 0 Å². The molecule has 0 aliphatic carbocycles. The maximum atomic E-state index is 12.2. The van der Waals surface area contributed by atoms with Crippen molar-refractivity contribution >= 4 is 28.3 Å². The fraction of sp³-hybridized carbons (Fsp3) is 0.444. The van der Waals surface area contributed by atoms with Crippen LogP contribution in [0.25, 0.3) is 10.6 Å². The predicted octanol–water partition coefficient (Wildman–Crippen LogP) is 3.24. The van der Waals surface area contributed by atoms with Crippen LogP contribution < -0.4 is 15.4 Å². The zero-order chi connectivity index (χ0) is 18.9. The normalized spacial score (nSPS) is 11.7. The van der Waals surface area contributed by atoms with Gasteiger partial charge in [0.25, 0.3) is 0 Å². The monoisotopic (exact) mass is 376 g/mol. The van der Waals surface area contributed by atoms with Gasteiger partial charge in [-0.15, -0.1) is 10.2 Å². The molecule has 1 aromatic heterocycles. The van der Waals surface area contributed by atoms with E-state index in [2.05, 4.69) is 27.8 Å².